The van der Waals surface area contributed by atoms with E-state index in [9.17, 15) is 58.9 Å². The minimum atomic E-state index is -5.19. The van der Waals surface area contributed by atoms with Crippen LogP contribution in [-0.2, 0) is 29.8 Å². The van der Waals surface area contributed by atoms with E-state index in [4.69, 9.17) is 4.74 Å². The Morgan fingerprint density at radius 1 is 0.795 bits per heavy atom. The van der Waals surface area contributed by atoms with Gasteiger partial charge >= 0.3 is 24.6 Å². The maximum absolute atomic E-state index is 14.6. The van der Waals surface area contributed by atoms with Crippen LogP contribution in [0, 0.1) is 5.82 Å². The molecule has 1 amide bonds. The molecule has 15 heteroatoms. The summed E-state index contributed by atoms with van der Waals surface area (Å²) in [5, 5.41) is 20.7. The lowest BCUT2D eigenvalue weighted by Gasteiger charge is -2.24. The molecule has 1 saturated heterocycles. The van der Waals surface area contributed by atoms with Gasteiger partial charge in [-0.05, 0) is 71.5 Å². The Morgan fingerprint density at radius 2 is 1.34 bits per heavy atom. The van der Waals surface area contributed by atoms with Gasteiger partial charge in [0.05, 0.1) is 29.3 Å². The molecule has 3 aromatic carbocycles. The highest BCUT2D eigenvalue weighted by molar-refractivity contribution is 5.78. The van der Waals surface area contributed by atoms with E-state index in [0.29, 0.717) is 24.3 Å². The van der Waals surface area contributed by atoms with Crippen molar-refractivity contribution in [3.05, 3.63) is 81.7 Å². The largest absolute Gasteiger partial charge is 0.504 e. The van der Waals surface area contributed by atoms with Crippen LogP contribution in [0.2, 0.25) is 0 Å². The van der Waals surface area contributed by atoms with Crippen molar-refractivity contribution in [1.29, 1.82) is 0 Å². The molecule has 2 atom stereocenters. The van der Waals surface area contributed by atoms with Gasteiger partial charge in [0.2, 0.25) is 0 Å². The summed E-state index contributed by atoms with van der Waals surface area (Å²) in [7, 11) is 0. The summed E-state index contributed by atoms with van der Waals surface area (Å²) in [5.74, 6) is -3.89. The smallest absolute Gasteiger partial charge is 0.416 e. The number of hydrogen-bond acceptors (Lipinski definition) is 4. The summed E-state index contributed by atoms with van der Waals surface area (Å²) < 4.78 is 141. The fourth-order valence-corrected chi connectivity index (χ4v) is 4.93. The van der Waals surface area contributed by atoms with Crippen LogP contribution in [0.4, 0.5) is 48.7 Å². The topological polar surface area (TPSA) is 70.0 Å². The molecule has 0 aliphatic carbocycles. The van der Waals surface area contributed by atoms with Crippen LogP contribution < -0.4 is 0 Å². The Bertz CT molecular complexity index is 1560. The zero-order chi connectivity index (χ0) is 33.1. The molecule has 3 aromatic rings. The van der Waals surface area contributed by atoms with Crippen molar-refractivity contribution >= 4 is 6.09 Å². The van der Waals surface area contributed by atoms with Crippen LogP contribution in [0.1, 0.15) is 66.2 Å². The second-order valence-electron chi connectivity index (χ2n) is 10.6. The quantitative estimate of drug-likeness (QED) is 0.216. The number of phenolic OH excluding ortho intramolecular Hbond substituents is 2. The van der Waals surface area contributed by atoms with Gasteiger partial charge in [0.25, 0.3) is 0 Å². The van der Waals surface area contributed by atoms with Gasteiger partial charge in [0.1, 0.15) is 6.10 Å². The third-order valence-corrected chi connectivity index (χ3v) is 7.26. The van der Waals surface area contributed by atoms with E-state index < -0.39 is 88.8 Å². The molecule has 2 N–H and O–H groups in total. The Kier molecular flexibility index (Phi) is 8.24. The number of amides is 1. The maximum atomic E-state index is 14.6. The highest BCUT2D eigenvalue weighted by atomic mass is 19.4. The summed E-state index contributed by atoms with van der Waals surface area (Å²) in [4.78, 5) is 13.7. The number of phenols is 2. The zero-order valence-corrected chi connectivity index (χ0v) is 22.9. The maximum Gasteiger partial charge on any atom is 0.416 e. The summed E-state index contributed by atoms with van der Waals surface area (Å²) in [6.07, 6.45) is -18.2. The van der Waals surface area contributed by atoms with Crippen molar-refractivity contribution in [3.63, 3.8) is 0 Å². The number of aromatic hydroxyl groups is 2. The van der Waals surface area contributed by atoms with Gasteiger partial charge in [-0.15, -0.1) is 0 Å². The van der Waals surface area contributed by atoms with Crippen LogP contribution in [0.15, 0.2) is 42.5 Å². The molecule has 0 radical (unpaired) electrons. The number of nitrogens with zero attached hydrogens (tertiary/aromatic N) is 1. The molecule has 44 heavy (non-hydrogen) atoms. The van der Waals surface area contributed by atoms with Crippen LogP contribution >= 0.6 is 0 Å². The molecule has 5 nitrogen and oxygen atoms in total. The van der Waals surface area contributed by atoms with Crippen molar-refractivity contribution < 1.29 is 63.6 Å². The van der Waals surface area contributed by atoms with E-state index >= 15 is 0 Å². The van der Waals surface area contributed by atoms with Gasteiger partial charge in [-0.3, -0.25) is 4.90 Å². The summed E-state index contributed by atoms with van der Waals surface area (Å²) in [6, 6.07) is 2.65. The van der Waals surface area contributed by atoms with E-state index in [1.165, 1.54) is 6.92 Å². The number of carbonyl (C=O) groups excluding carboxylic acids is 1. The average Bonchev–Trinajstić information content (AvgIpc) is 3.18. The Morgan fingerprint density at radius 3 is 1.84 bits per heavy atom. The predicted molar refractivity (Wildman–Crippen MR) is 135 cm³/mol. The number of alkyl halides is 9. The van der Waals surface area contributed by atoms with Crippen LogP contribution in [0.5, 0.6) is 11.5 Å². The summed E-state index contributed by atoms with van der Waals surface area (Å²) in [5.41, 5.74) is -6.03. The number of cyclic esters (lactones) is 1. The first-order valence-corrected chi connectivity index (χ1v) is 12.8. The number of benzene rings is 3. The van der Waals surface area contributed by atoms with Gasteiger partial charge < -0.3 is 14.9 Å². The van der Waals surface area contributed by atoms with E-state index in [0.717, 1.165) is 17.0 Å². The van der Waals surface area contributed by atoms with Crippen molar-refractivity contribution in [2.24, 2.45) is 0 Å². The van der Waals surface area contributed by atoms with Crippen LogP contribution in [0.3, 0.4) is 0 Å². The molecule has 4 rings (SSSR count). The average molecular weight is 639 g/mol. The molecule has 0 unspecified atom stereocenters. The van der Waals surface area contributed by atoms with E-state index in [2.05, 4.69) is 0 Å². The van der Waals surface area contributed by atoms with Crippen molar-refractivity contribution in [1.82, 2.24) is 4.90 Å². The molecular formula is C29H23F10NO4. The highest BCUT2D eigenvalue weighted by Crippen LogP contribution is 2.46. The van der Waals surface area contributed by atoms with Gasteiger partial charge in [-0.1, -0.05) is 19.9 Å². The summed E-state index contributed by atoms with van der Waals surface area (Å²) >= 11 is 0. The number of hydrogen-bond donors (Lipinski definition) is 2. The lowest BCUT2D eigenvalue weighted by Crippen LogP contribution is -2.32. The molecule has 1 heterocycles. The molecule has 1 aliphatic heterocycles. The lowest BCUT2D eigenvalue weighted by atomic mass is 9.91. The van der Waals surface area contributed by atoms with Crippen molar-refractivity contribution in [2.45, 2.75) is 63.9 Å². The van der Waals surface area contributed by atoms with Crippen molar-refractivity contribution in [2.75, 3.05) is 0 Å². The number of carbonyl (C=O) groups is 1. The Balaban J connectivity index is 1.82. The molecule has 1 aliphatic rings. The van der Waals surface area contributed by atoms with Gasteiger partial charge in [-0.25, -0.2) is 9.18 Å². The third kappa shape index (κ3) is 6.22. The first-order valence-electron chi connectivity index (χ1n) is 12.8. The minimum absolute atomic E-state index is 0.0971. The highest BCUT2D eigenvalue weighted by Gasteiger charge is 2.44. The fraction of sp³-hybridized carbons (Fsp3) is 0.345. The van der Waals surface area contributed by atoms with Gasteiger partial charge in [-0.2, -0.15) is 39.5 Å². The van der Waals surface area contributed by atoms with E-state index in [1.54, 1.807) is 13.8 Å². The SMILES string of the molecule is CC(C)c1cc(-c2ccc(C(F)(F)F)cc2CN2C(=O)O[C@@H](c3cc(C(F)(F)F)cc(C(F)(F)F)c3)[C@@H]2C)c(O)c(O)c1F. The zero-order valence-electron chi connectivity index (χ0n) is 22.9. The van der Waals surface area contributed by atoms with Gasteiger partial charge in [0, 0.05) is 5.56 Å². The van der Waals surface area contributed by atoms with Crippen molar-refractivity contribution in [3.8, 4) is 22.6 Å². The normalized spacial score (nSPS) is 17.9. The second kappa shape index (κ2) is 11.1. The summed E-state index contributed by atoms with van der Waals surface area (Å²) in [6.45, 7) is 3.59. The van der Waals surface area contributed by atoms with E-state index in [1.807, 2.05) is 0 Å². The molecule has 0 saturated carbocycles. The second-order valence-corrected chi connectivity index (χ2v) is 10.6. The number of ether oxygens (including phenoxy) is 1. The monoisotopic (exact) mass is 639 g/mol. The molecule has 0 bridgehead atoms. The number of rotatable bonds is 5. The Hall–Kier alpha value is -4.17. The standard InChI is InChI=1S/C29H23F10NO4/c1-12(2)20-10-21(23(41)24(42)22(20)30)19-5-4-16(27(31,32)33)8-15(19)11-40-13(3)25(44-26(40)43)14-6-17(28(34,35)36)9-18(7-14)29(37,38)39/h4-10,12-13,25,41-42H,11H2,1-3H3/t13-,25+/m0/s1. The van der Waals surface area contributed by atoms with E-state index in [-0.39, 0.29) is 28.3 Å². The predicted octanol–water partition coefficient (Wildman–Crippen LogP) is 9.17. The molecule has 1 fully saturated rings. The van der Waals surface area contributed by atoms with Gasteiger partial charge in [0.15, 0.2) is 17.3 Å². The molecule has 0 spiro atoms. The first-order chi connectivity index (χ1) is 20.1. The van der Waals surface area contributed by atoms with Crippen LogP contribution in [0.25, 0.3) is 11.1 Å². The first kappa shape index (κ1) is 32.7. The molecule has 0 aromatic heterocycles. The van der Waals surface area contributed by atoms with Crippen LogP contribution in [-0.4, -0.2) is 27.2 Å². The number of halogens is 10. The third-order valence-electron chi connectivity index (χ3n) is 7.26. The lowest BCUT2D eigenvalue weighted by molar-refractivity contribution is -0.143. The molecular weight excluding hydrogens is 616 g/mol. The Labute approximate surface area is 243 Å². The molecule has 238 valence electrons. The minimum Gasteiger partial charge on any atom is -0.504 e. The fourth-order valence-electron chi connectivity index (χ4n) is 4.93.